The van der Waals surface area contributed by atoms with Gasteiger partial charge in [-0.2, -0.15) is 0 Å². The molecule has 1 aromatic carbocycles. The highest BCUT2D eigenvalue weighted by Gasteiger charge is 2.30. The van der Waals surface area contributed by atoms with Crippen LogP contribution in [0.15, 0.2) is 24.3 Å². The third kappa shape index (κ3) is 8.88. The molecular weight excluding hydrogens is 430 g/mol. The average molecular weight is 458 g/mol. The summed E-state index contributed by atoms with van der Waals surface area (Å²) in [5.41, 5.74) is -0.283. The van der Waals surface area contributed by atoms with Gasteiger partial charge in [0.15, 0.2) is 0 Å². The van der Waals surface area contributed by atoms with Gasteiger partial charge in [0.25, 0.3) is 0 Å². The first kappa shape index (κ1) is 26.8. The van der Waals surface area contributed by atoms with Crippen molar-refractivity contribution < 1.29 is 42.9 Å². The van der Waals surface area contributed by atoms with Gasteiger partial charge in [-0.1, -0.05) is 0 Å². The van der Waals surface area contributed by atoms with Crippen LogP contribution in [0.25, 0.3) is 0 Å². The molecule has 1 aliphatic heterocycles. The van der Waals surface area contributed by atoms with Crippen LogP contribution in [0.3, 0.4) is 0 Å². The van der Waals surface area contributed by atoms with E-state index in [2.05, 4.69) is 5.32 Å². The highest BCUT2D eigenvalue weighted by Crippen LogP contribution is 2.23. The van der Waals surface area contributed by atoms with Crippen LogP contribution < -0.4 is 10.1 Å². The van der Waals surface area contributed by atoms with Crippen molar-refractivity contribution in [3.05, 3.63) is 41.5 Å². The maximum atomic E-state index is 14.1. The summed E-state index contributed by atoms with van der Waals surface area (Å²) in [6.07, 6.45) is 0.353. The molecule has 0 spiro atoms. The van der Waals surface area contributed by atoms with Crippen molar-refractivity contribution in [1.29, 1.82) is 0 Å². The average Bonchev–Trinajstić information content (AvgIpc) is 2.65. The first-order chi connectivity index (χ1) is 14.9. The highest BCUT2D eigenvalue weighted by molar-refractivity contribution is 5.89. The van der Waals surface area contributed by atoms with Gasteiger partial charge in [0.05, 0.1) is 11.7 Å². The Labute approximate surface area is 184 Å². The maximum absolute atomic E-state index is 14.1. The molecule has 2 rings (SSSR count). The van der Waals surface area contributed by atoms with Crippen LogP contribution in [-0.4, -0.2) is 64.4 Å². The Hall–Kier alpha value is -3.21. The number of hydrogen-bond donors (Lipinski definition) is 3. The van der Waals surface area contributed by atoms with E-state index >= 15 is 0 Å². The van der Waals surface area contributed by atoms with E-state index in [0.29, 0.717) is 25.2 Å². The maximum Gasteiger partial charge on any atom is 0.410 e. The van der Waals surface area contributed by atoms with Crippen molar-refractivity contribution in [1.82, 2.24) is 10.2 Å². The molecule has 0 saturated carbocycles. The van der Waals surface area contributed by atoms with E-state index in [1.807, 2.05) is 13.8 Å². The Bertz CT molecular complexity index is 796. The van der Waals surface area contributed by atoms with Crippen LogP contribution in [0.4, 0.5) is 13.6 Å². The van der Waals surface area contributed by atoms with Crippen LogP contribution in [0.5, 0.6) is 5.75 Å². The minimum atomic E-state index is -1.26. The SMILES string of the molecule is CC(C)Oc1cc(F)c(COC(=O)N2[C@H](C)CNC[C@@H]2C)c(F)c1.O=C(O)C=CC(=O)O. The summed E-state index contributed by atoms with van der Waals surface area (Å²) in [6.45, 7) is 8.17. The summed E-state index contributed by atoms with van der Waals surface area (Å²) >= 11 is 0. The number of benzene rings is 1. The number of nitrogens with one attached hydrogen (secondary N) is 1. The van der Waals surface area contributed by atoms with Crippen molar-refractivity contribution in [2.75, 3.05) is 13.1 Å². The molecule has 1 amide bonds. The predicted octanol–water partition coefficient (Wildman–Crippen LogP) is 2.78. The summed E-state index contributed by atoms with van der Waals surface area (Å²) in [5, 5.41) is 18.8. The summed E-state index contributed by atoms with van der Waals surface area (Å²) in [6, 6.07) is 2.11. The molecule has 1 aliphatic rings. The monoisotopic (exact) mass is 458 g/mol. The van der Waals surface area contributed by atoms with Crippen molar-refractivity contribution in [3.8, 4) is 5.75 Å². The quantitative estimate of drug-likeness (QED) is 0.556. The molecule has 0 aliphatic carbocycles. The van der Waals surface area contributed by atoms with Gasteiger partial charge >= 0.3 is 18.0 Å². The zero-order valence-electron chi connectivity index (χ0n) is 18.3. The molecule has 0 radical (unpaired) electrons. The summed E-state index contributed by atoms with van der Waals surface area (Å²) < 4.78 is 38.6. The Morgan fingerprint density at radius 1 is 1.09 bits per heavy atom. The molecule has 9 nitrogen and oxygen atoms in total. The zero-order chi connectivity index (χ0) is 24.4. The highest BCUT2D eigenvalue weighted by atomic mass is 19.1. The molecule has 0 aromatic heterocycles. The first-order valence-electron chi connectivity index (χ1n) is 9.86. The van der Waals surface area contributed by atoms with Crippen molar-refractivity contribution in [3.63, 3.8) is 0 Å². The first-order valence-corrected chi connectivity index (χ1v) is 9.86. The molecule has 32 heavy (non-hydrogen) atoms. The van der Waals surface area contributed by atoms with Crippen molar-refractivity contribution in [2.24, 2.45) is 0 Å². The number of hydrogen-bond acceptors (Lipinski definition) is 6. The molecule has 2 atom stereocenters. The molecule has 1 heterocycles. The van der Waals surface area contributed by atoms with Gasteiger partial charge in [0, 0.05) is 49.5 Å². The van der Waals surface area contributed by atoms with Gasteiger partial charge < -0.3 is 29.9 Å². The minimum absolute atomic E-state index is 0.0437. The Balaban J connectivity index is 0.000000547. The van der Waals surface area contributed by atoms with E-state index in [-0.39, 0.29) is 29.5 Å². The number of halogens is 2. The molecule has 178 valence electrons. The van der Waals surface area contributed by atoms with Crippen molar-refractivity contribution >= 4 is 18.0 Å². The Morgan fingerprint density at radius 3 is 1.97 bits per heavy atom. The number of carboxylic acids is 2. The van der Waals surface area contributed by atoms with Gasteiger partial charge in [-0.05, 0) is 27.7 Å². The van der Waals surface area contributed by atoms with E-state index in [1.165, 1.54) is 0 Å². The standard InChI is InChI=1S/C17H24F2N2O3.C4H4O4/c1-10(2)24-13-5-15(18)14(16(19)6-13)9-23-17(22)21-11(3)7-20-8-12(21)4;5-3(6)1-2-4(7)8/h5-6,10-12,20H,7-9H2,1-4H3;1-2H,(H,5,6)(H,7,8)/t11-,12+;. The van der Waals surface area contributed by atoms with Gasteiger partial charge in [0.1, 0.15) is 24.0 Å². The number of amides is 1. The lowest BCUT2D eigenvalue weighted by Crippen LogP contribution is -2.57. The van der Waals surface area contributed by atoms with Crippen LogP contribution in [0, 0.1) is 11.6 Å². The van der Waals surface area contributed by atoms with Gasteiger partial charge in [-0.3, -0.25) is 0 Å². The van der Waals surface area contributed by atoms with E-state index in [0.717, 1.165) is 12.1 Å². The molecule has 1 fully saturated rings. The number of carbonyl (C=O) groups is 3. The topological polar surface area (TPSA) is 125 Å². The fourth-order valence-corrected chi connectivity index (χ4v) is 2.90. The minimum Gasteiger partial charge on any atom is -0.491 e. The molecule has 3 N–H and O–H groups in total. The second-order valence-electron chi connectivity index (χ2n) is 7.36. The molecule has 11 heteroatoms. The number of rotatable bonds is 6. The predicted molar refractivity (Wildman–Crippen MR) is 110 cm³/mol. The van der Waals surface area contributed by atoms with Crippen molar-refractivity contribution in [2.45, 2.75) is 52.5 Å². The summed E-state index contributed by atoms with van der Waals surface area (Å²) in [4.78, 5) is 32.9. The largest absolute Gasteiger partial charge is 0.491 e. The molecule has 1 saturated heterocycles. The summed E-state index contributed by atoms with van der Waals surface area (Å²) in [7, 11) is 0. The van der Waals surface area contributed by atoms with Crippen LogP contribution >= 0.6 is 0 Å². The molecule has 1 aromatic rings. The number of carbonyl (C=O) groups excluding carboxylic acids is 1. The number of piperazine rings is 1. The van der Waals surface area contributed by atoms with Gasteiger partial charge in [-0.25, -0.2) is 23.2 Å². The van der Waals surface area contributed by atoms with E-state index in [9.17, 15) is 23.2 Å². The lowest BCUT2D eigenvalue weighted by molar-refractivity contribution is -0.134. The fraction of sp³-hybridized carbons (Fsp3) is 0.476. The van der Waals surface area contributed by atoms with E-state index in [1.54, 1.807) is 18.7 Å². The van der Waals surface area contributed by atoms with Gasteiger partial charge in [-0.15, -0.1) is 0 Å². The lowest BCUT2D eigenvalue weighted by Gasteiger charge is -2.38. The Kier molecular flexibility index (Phi) is 10.6. The number of nitrogens with zero attached hydrogens (tertiary/aromatic N) is 1. The number of ether oxygens (including phenoxy) is 2. The molecular formula is C21H28F2N2O7. The molecule has 0 bridgehead atoms. The normalized spacial score (nSPS) is 18.2. The van der Waals surface area contributed by atoms with E-state index < -0.39 is 36.3 Å². The summed E-state index contributed by atoms with van der Waals surface area (Å²) in [5.74, 6) is -3.99. The van der Waals surface area contributed by atoms with Gasteiger partial charge in [0.2, 0.25) is 0 Å². The number of aliphatic carboxylic acids is 2. The third-order valence-electron chi connectivity index (χ3n) is 4.23. The Morgan fingerprint density at radius 2 is 1.56 bits per heavy atom. The lowest BCUT2D eigenvalue weighted by atomic mass is 10.1. The smallest absolute Gasteiger partial charge is 0.410 e. The number of carboxylic acid groups (broad SMARTS) is 2. The van der Waals surface area contributed by atoms with Crippen LogP contribution in [0.1, 0.15) is 33.3 Å². The van der Waals surface area contributed by atoms with Crippen LogP contribution in [-0.2, 0) is 20.9 Å². The van der Waals surface area contributed by atoms with Crippen LogP contribution in [0.2, 0.25) is 0 Å². The van der Waals surface area contributed by atoms with E-state index in [4.69, 9.17) is 19.7 Å². The third-order valence-corrected chi connectivity index (χ3v) is 4.23. The second-order valence-corrected chi connectivity index (χ2v) is 7.36. The molecule has 0 unspecified atom stereocenters. The second kappa shape index (κ2) is 12.6. The fourth-order valence-electron chi connectivity index (χ4n) is 2.90. The zero-order valence-corrected chi connectivity index (χ0v) is 18.3.